The van der Waals surface area contributed by atoms with Gasteiger partial charge in [0, 0.05) is 0 Å². The first kappa shape index (κ1) is 14.5. The molecule has 0 amide bonds. The van der Waals surface area contributed by atoms with Gasteiger partial charge in [0.15, 0.2) is 0 Å². The molecular formula is C10H12B4O3-2. The zero-order chi connectivity index (χ0) is 13.3. The SMILES string of the molecule is [B]B([B])B=C(C)C1C([O-])C(=O)C(C(=C)C)C1[O-]. The average Bonchev–Trinajstić information content (AvgIpc) is 2.36. The molecule has 0 heterocycles. The van der Waals surface area contributed by atoms with Gasteiger partial charge in [0.05, 0.1) is 0 Å². The topological polar surface area (TPSA) is 63.2 Å². The first-order chi connectivity index (χ1) is 7.77. The van der Waals surface area contributed by atoms with Crippen LogP contribution >= 0.6 is 0 Å². The van der Waals surface area contributed by atoms with Crippen LogP contribution in [0.2, 0.25) is 0 Å². The Labute approximate surface area is 105 Å². The van der Waals surface area contributed by atoms with Crippen LogP contribution in [0.1, 0.15) is 13.8 Å². The summed E-state index contributed by atoms with van der Waals surface area (Å²) in [4.78, 5) is 11.7. The van der Waals surface area contributed by atoms with Crippen LogP contribution in [0, 0.1) is 11.8 Å². The standard InChI is InChI=1S/C10H12B4O3/c1-4(2)6-8(15)7(10(17)9(6)16)5(3)13-14(11)12/h6-8,10H,1H2,2-3H3/q-2. The molecule has 0 N–H and O–H groups in total. The first-order valence-electron chi connectivity index (χ1n) is 5.47. The summed E-state index contributed by atoms with van der Waals surface area (Å²) in [6.45, 7) is 8.26. The number of rotatable bonds is 3. The van der Waals surface area contributed by atoms with E-state index >= 15 is 0 Å². The Bertz CT molecular complexity index is 367. The van der Waals surface area contributed by atoms with Crippen LogP contribution in [-0.2, 0) is 4.79 Å². The molecule has 17 heavy (non-hydrogen) atoms. The molecule has 0 bridgehead atoms. The molecule has 1 rings (SSSR count). The zero-order valence-electron chi connectivity index (χ0n) is 10.1. The molecule has 84 valence electrons. The fourth-order valence-electron chi connectivity index (χ4n) is 2.33. The zero-order valence-corrected chi connectivity index (χ0v) is 10.1. The Morgan fingerprint density at radius 3 is 2.29 bits per heavy atom. The van der Waals surface area contributed by atoms with Crippen molar-refractivity contribution in [2.24, 2.45) is 11.8 Å². The molecule has 0 aliphatic heterocycles. The molecular weight excluding hydrogens is 211 g/mol. The van der Waals surface area contributed by atoms with Gasteiger partial charge < -0.3 is 0 Å². The number of carbonyl (C=O) groups is 1. The van der Waals surface area contributed by atoms with Crippen molar-refractivity contribution in [3.05, 3.63) is 12.2 Å². The molecule has 4 atom stereocenters. The van der Waals surface area contributed by atoms with Crippen LogP contribution in [0.15, 0.2) is 12.2 Å². The van der Waals surface area contributed by atoms with Gasteiger partial charge in [-0.25, -0.2) is 0 Å². The minimum absolute atomic E-state index is 0.447. The van der Waals surface area contributed by atoms with Gasteiger partial charge in [0.1, 0.15) is 0 Å². The van der Waals surface area contributed by atoms with Crippen molar-refractivity contribution in [2.45, 2.75) is 26.1 Å². The van der Waals surface area contributed by atoms with Gasteiger partial charge in [0.2, 0.25) is 0 Å². The third-order valence-electron chi connectivity index (χ3n) is 3.11. The van der Waals surface area contributed by atoms with Crippen LogP contribution in [0.5, 0.6) is 0 Å². The summed E-state index contributed by atoms with van der Waals surface area (Å²) in [6, 6.07) is 0. The summed E-state index contributed by atoms with van der Waals surface area (Å²) >= 11 is 0. The molecule has 1 aliphatic rings. The molecule has 4 unspecified atom stereocenters. The van der Waals surface area contributed by atoms with Crippen molar-refractivity contribution in [1.29, 1.82) is 0 Å². The fraction of sp³-hybridized carbons (Fsp3) is 0.600. The summed E-state index contributed by atoms with van der Waals surface area (Å²) in [5, 5.41) is 23.9. The second kappa shape index (κ2) is 5.40. The van der Waals surface area contributed by atoms with Crippen molar-refractivity contribution in [2.75, 3.05) is 0 Å². The molecule has 1 fully saturated rings. The van der Waals surface area contributed by atoms with Crippen molar-refractivity contribution >= 4 is 39.9 Å². The normalized spacial score (nSPS) is 33.4. The summed E-state index contributed by atoms with van der Waals surface area (Å²) in [6.07, 6.45) is -3.54. The van der Waals surface area contributed by atoms with Gasteiger partial charge in [-0.1, -0.05) is 0 Å². The maximum atomic E-state index is 12.1. The van der Waals surface area contributed by atoms with Gasteiger partial charge >= 0.3 is 105 Å². The van der Waals surface area contributed by atoms with E-state index in [9.17, 15) is 15.0 Å². The Morgan fingerprint density at radius 2 is 1.94 bits per heavy atom. The van der Waals surface area contributed by atoms with E-state index in [4.69, 9.17) is 15.5 Å². The van der Waals surface area contributed by atoms with Gasteiger partial charge in [-0.05, 0) is 0 Å². The molecule has 0 aromatic heterocycles. The molecule has 1 aliphatic carbocycles. The van der Waals surface area contributed by atoms with Crippen molar-refractivity contribution in [3.63, 3.8) is 0 Å². The number of hydrogen-bond acceptors (Lipinski definition) is 3. The predicted octanol–water partition coefficient (Wildman–Crippen LogP) is -2.95. The molecule has 0 aromatic rings. The summed E-state index contributed by atoms with van der Waals surface area (Å²) in [5.41, 5.74) is 0.945. The van der Waals surface area contributed by atoms with Crippen LogP contribution in [0.3, 0.4) is 0 Å². The number of Topliss-reactive ketones (excluding diaryl/α,β-unsaturated/α-hetero) is 1. The minimum atomic E-state index is -1.53. The molecule has 7 heteroatoms. The van der Waals surface area contributed by atoms with E-state index in [1.165, 1.54) is 6.81 Å². The second-order valence-corrected chi connectivity index (χ2v) is 4.63. The third kappa shape index (κ3) is 2.83. The van der Waals surface area contributed by atoms with Crippen molar-refractivity contribution in [1.82, 2.24) is 0 Å². The summed E-state index contributed by atoms with van der Waals surface area (Å²) < 4.78 is 0. The summed E-state index contributed by atoms with van der Waals surface area (Å²) in [7, 11) is 10.8. The van der Waals surface area contributed by atoms with E-state index < -0.39 is 36.2 Å². The molecule has 3 nitrogen and oxygen atoms in total. The number of ketones is 1. The monoisotopic (exact) mass is 224 g/mol. The van der Waals surface area contributed by atoms with E-state index in [0.29, 0.717) is 11.0 Å². The molecule has 0 spiro atoms. The Hall–Kier alpha value is -0.540. The summed E-state index contributed by atoms with van der Waals surface area (Å²) in [5.74, 6) is -2.33. The van der Waals surface area contributed by atoms with E-state index in [1.54, 1.807) is 13.8 Å². The average molecular weight is 223 g/mol. The Morgan fingerprint density at radius 1 is 1.41 bits per heavy atom. The Kier molecular flexibility index (Phi) is 4.61. The first-order valence-corrected chi connectivity index (χ1v) is 5.47. The van der Waals surface area contributed by atoms with Crippen molar-refractivity contribution < 1.29 is 15.0 Å². The Balaban J connectivity index is 3.03. The number of hydrogen-bond donors (Lipinski definition) is 0. The molecule has 4 radical (unpaired) electrons. The quantitative estimate of drug-likeness (QED) is 0.380. The van der Waals surface area contributed by atoms with Gasteiger partial charge in [-0.2, -0.15) is 0 Å². The van der Waals surface area contributed by atoms with Crippen molar-refractivity contribution in [3.8, 4) is 0 Å². The van der Waals surface area contributed by atoms with E-state index in [-0.39, 0.29) is 0 Å². The van der Waals surface area contributed by atoms with Gasteiger partial charge in [-0.15, -0.1) is 0 Å². The van der Waals surface area contributed by atoms with Crippen LogP contribution in [-0.4, -0.2) is 52.1 Å². The third-order valence-corrected chi connectivity index (χ3v) is 3.11. The van der Waals surface area contributed by atoms with E-state index in [0.717, 1.165) is 0 Å². The maximum absolute atomic E-state index is 12.1. The molecule has 1 saturated carbocycles. The predicted molar refractivity (Wildman–Crippen MR) is 68.1 cm³/mol. The van der Waals surface area contributed by atoms with E-state index in [1.807, 2.05) is 0 Å². The van der Waals surface area contributed by atoms with Crippen LogP contribution in [0.25, 0.3) is 0 Å². The molecule has 0 aromatic carbocycles. The number of carbonyl (C=O) groups excluding carboxylic acids is 1. The molecule has 0 saturated heterocycles. The van der Waals surface area contributed by atoms with Gasteiger partial charge in [0.25, 0.3) is 0 Å². The van der Waals surface area contributed by atoms with Crippen LogP contribution in [0.4, 0.5) is 0 Å². The van der Waals surface area contributed by atoms with Gasteiger partial charge in [-0.3, -0.25) is 0 Å². The fourth-order valence-corrected chi connectivity index (χ4v) is 2.33. The second-order valence-electron chi connectivity index (χ2n) is 4.63. The van der Waals surface area contributed by atoms with Crippen LogP contribution < -0.4 is 10.2 Å². The van der Waals surface area contributed by atoms with E-state index in [2.05, 4.69) is 6.58 Å².